The molecule has 2 atom stereocenters. The average Bonchev–Trinajstić information content (AvgIpc) is 2.59. The largest absolute Gasteiger partial charge is 0.810 e. The predicted molar refractivity (Wildman–Crippen MR) is 52.6 cm³/mol. The van der Waals surface area contributed by atoms with Gasteiger partial charge < -0.3 is 9.42 Å². The van der Waals surface area contributed by atoms with Gasteiger partial charge in [0.15, 0.2) is 0 Å². The Morgan fingerprint density at radius 2 is 1.69 bits per heavy atom. The van der Waals surface area contributed by atoms with Crippen LogP contribution < -0.4 is 4.89 Å². The van der Waals surface area contributed by atoms with E-state index in [0.717, 1.165) is 6.42 Å². The van der Waals surface area contributed by atoms with Crippen LogP contribution in [0.15, 0.2) is 0 Å². The number of hydrogen-bond acceptors (Lipinski definition) is 2. The van der Waals surface area contributed by atoms with Gasteiger partial charge in [0.2, 0.25) is 0 Å². The summed E-state index contributed by atoms with van der Waals surface area (Å²) in [5.41, 5.74) is 0.426. The molecule has 0 saturated heterocycles. The van der Waals surface area contributed by atoms with Gasteiger partial charge >= 0.3 is 0 Å². The summed E-state index contributed by atoms with van der Waals surface area (Å²) in [6, 6.07) is 0. The van der Waals surface area contributed by atoms with Crippen LogP contribution in [0.5, 0.6) is 0 Å². The zero-order valence-electron chi connectivity index (χ0n) is 8.05. The highest BCUT2D eigenvalue weighted by Gasteiger charge is 2.42. The molecule has 13 heavy (non-hydrogen) atoms. The topological polar surface area (TPSA) is 32.3 Å². The van der Waals surface area contributed by atoms with Crippen molar-refractivity contribution in [3.05, 3.63) is 0 Å². The molecule has 0 aliphatic heterocycles. The summed E-state index contributed by atoms with van der Waals surface area (Å²) in [5, 5.41) is 0. The second-order valence-corrected chi connectivity index (χ2v) is 4.91. The SMILES string of the molecule is [O-]POC1CCCCC12CCCC2. The predicted octanol–water partition coefficient (Wildman–Crippen LogP) is 2.37. The van der Waals surface area contributed by atoms with E-state index in [0.29, 0.717) is 11.5 Å². The first-order chi connectivity index (χ1) is 6.37. The van der Waals surface area contributed by atoms with Gasteiger partial charge in [0, 0.05) is 0 Å². The van der Waals surface area contributed by atoms with Crippen LogP contribution in [0.3, 0.4) is 0 Å². The minimum atomic E-state index is -0.561. The molecule has 2 aliphatic rings. The Labute approximate surface area is 82.0 Å². The molecule has 0 amide bonds. The maximum atomic E-state index is 10.5. The molecule has 0 aromatic heterocycles. The van der Waals surface area contributed by atoms with Crippen LogP contribution in [0.4, 0.5) is 0 Å². The van der Waals surface area contributed by atoms with E-state index < -0.39 is 9.03 Å². The van der Waals surface area contributed by atoms with Crippen LogP contribution in [0.25, 0.3) is 0 Å². The quantitative estimate of drug-likeness (QED) is 0.642. The Morgan fingerprint density at radius 1 is 1.08 bits per heavy atom. The molecule has 2 fully saturated rings. The van der Waals surface area contributed by atoms with E-state index in [1.54, 1.807) is 0 Å². The van der Waals surface area contributed by atoms with E-state index in [1.807, 2.05) is 0 Å². The Balaban J connectivity index is 2.03. The molecule has 2 saturated carbocycles. The van der Waals surface area contributed by atoms with Gasteiger partial charge in [0.1, 0.15) is 0 Å². The maximum absolute atomic E-state index is 10.5. The smallest absolute Gasteiger partial charge is 0.0654 e. The van der Waals surface area contributed by atoms with Crippen molar-refractivity contribution in [2.45, 2.75) is 57.5 Å². The van der Waals surface area contributed by atoms with Gasteiger partial charge in [0.25, 0.3) is 0 Å². The fraction of sp³-hybridized carbons (Fsp3) is 1.00. The molecule has 2 nitrogen and oxygen atoms in total. The Hall–Kier alpha value is 0.350. The summed E-state index contributed by atoms with van der Waals surface area (Å²) in [6.07, 6.45) is 10.7. The monoisotopic (exact) mass is 201 g/mol. The molecule has 1 spiro atoms. The zero-order chi connectivity index (χ0) is 9.15. The molecular weight excluding hydrogens is 183 g/mol. The molecule has 0 radical (unpaired) electrons. The standard InChI is InChI=1S/C10H18O2P/c11-13-12-9-5-1-2-6-10(9)7-3-4-8-10/h9,13H,1-8H2/q-1. The first-order valence-corrected chi connectivity index (χ1v) is 6.22. The molecule has 0 heterocycles. The molecule has 0 N–H and O–H groups in total. The molecule has 2 aliphatic carbocycles. The second kappa shape index (κ2) is 4.25. The van der Waals surface area contributed by atoms with Gasteiger partial charge in [-0.15, -0.1) is 0 Å². The maximum Gasteiger partial charge on any atom is 0.0654 e. The second-order valence-electron chi connectivity index (χ2n) is 4.51. The van der Waals surface area contributed by atoms with Gasteiger partial charge in [-0.05, 0) is 31.1 Å². The first kappa shape index (κ1) is 9.89. The van der Waals surface area contributed by atoms with E-state index >= 15 is 0 Å². The van der Waals surface area contributed by atoms with Crippen molar-refractivity contribution in [3.8, 4) is 0 Å². The van der Waals surface area contributed by atoms with Crippen molar-refractivity contribution in [3.63, 3.8) is 0 Å². The Bertz CT molecular complexity index is 164. The Kier molecular flexibility index (Phi) is 3.23. The number of rotatable bonds is 2. The highest BCUT2D eigenvalue weighted by atomic mass is 31.1. The highest BCUT2D eigenvalue weighted by Crippen LogP contribution is 2.51. The van der Waals surface area contributed by atoms with E-state index in [-0.39, 0.29) is 0 Å². The highest BCUT2D eigenvalue weighted by molar-refractivity contribution is 7.23. The normalized spacial score (nSPS) is 33.5. The fourth-order valence-electron chi connectivity index (χ4n) is 3.17. The van der Waals surface area contributed by atoms with Crippen molar-refractivity contribution in [1.29, 1.82) is 0 Å². The van der Waals surface area contributed by atoms with Crippen molar-refractivity contribution >= 4 is 9.03 Å². The van der Waals surface area contributed by atoms with Crippen LogP contribution in [-0.2, 0) is 4.52 Å². The van der Waals surface area contributed by atoms with Crippen molar-refractivity contribution < 1.29 is 9.42 Å². The molecule has 0 aromatic rings. The summed E-state index contributed by atoms with van der Waals surface area (Å²) in [6.45, 7) is 0. The van der Waals surface area contributed by atoms with E-state index in [2.05, 4.69) is 0 Å². The summed E-state index contributed by atoms with van der Waals surface area (Å²) in [5.74, 6) is 0. The minimum Gasteiger partial charge on any atom is -0.810 e. The van der Waals surface area contributed by atoms with Crippen LogP contribution in [0, 0.1) is 5.41 Å². The molecule has 2 rings (SSSR count). The van der Waals surface area contributed by atoms with Crippen molar-refractivity contribution in [2.75, 3.05) is 0 Å². The van der Waals surface area contributed by atoms with Crippen LogP contribution >= 0.6 is 9.03 Å². The molecule has 0 bridgehead atoms. The van der Waals surface area contributed by atoms with Crippen LogP contribution in [0.2, 0.25) is 0 Å². The molecular formula is C10H18O2P-. The van der Waals surface area contributed by atoms with Gasteiger partial charge in [-0.3, -0.25) is 0 Å². The third kappa shape index (κ3) is 1.91. The lowest BCUT2D eigenvalue weighted by Gasteiger charge is -2.41. The summed E-state index contributed by atoms with van der Waals surface area (Å²) in [7, 11) is -0.561. The van der Waals surface area contributed by atoms with E-state index in [9.17, 15) is 4.89 Å². The van der Waals surface area contributed by atoms with E-state index in [4.69, 9.17) is 4.52 Å². The average molecular weight is 201 g/mol. The molecule has 0 aromatic carbocycles. The van der Waals surface area contributed by atoms with Crippen molar-refractivity contribution in [1.82, 2.24) is 0 Å². The molecule has 3 heteroatoms. The molecule has 2 unspecified atom stereocenters. The third-order valence-corrected chi connectivity index (χ3v) is 4.24. The third-order valence-electron chi connectivity index (χ3n) is 3.86. The summed E-state index contributed by atoms with van der Waals surface area (Å²) < 4.78 is 5.39. The van der Waals surface area contributed by atoms with Crippen molar-refractivity contribution in [2.24, 2.45) is 5.41 Å². The fourth-order valence-corrected chi connectivity index (χ4v) is 3.65. The zero-order valence-corrected chi connectivity index (χ0v) is 9.05. The van der Waals surface area contributed by atoms with Crippen LogP contribution in [0.1, 0.15) is 51.4 Å². The number of hydrogen-bond donors (Lipinski definition) is 0. The van der Waals surface area contributed by atoms with Gasteiger partial charge in [-0.25, -0.2) is 0 Å². The van der Waals surface area contributed by atoms with Gasteiger partial charge in [0.05, 0.1) is 6.10 Å². The Morgan fingerprint density at radius 3 is 2.31 bits per heavy atom. The van der Waals surface area contributed by atoms with Crippen LogP contribution in [-0.4, -0.2) is 6.10 Å². The lowest BCUT2D eigenvalue weighted by atomic mass is 9.71. The minimum absolute atomic E-state index is 0.305. The lowest BCUT2D eigenvalue weighted by Crippen LogP contribution is -2.36. The van der Waals surface area contributed by atoms with Gasteiger partial charge in [-0.1, -0.05) is 34.7 Å². The summed E-state index contributed by atoms with van der Waals surface area (Å²) >= 11 is 0. The van der Waals surface area contributed by atoms with E-state index in [1.165, 1.54) is 44.9 Å². The first-order valence-electron chi connectivity index (χ1n) is 5.40. The lowest BCUT2D eigenvalue weighted by molar-refractivity contribution is -0.178. The summed E-state index contributed by atoms with van der Waals surface area (Å²) in [4.78, 5) is 10.5. The van der Waals surface area contributed by atoms with Gasteiger partial charge in [-0.2, -0.15) is 0 Å². The molecule has 76 valence electrons.